The van der Waals surface area contributed by atoms with Crippen LogP contribution in [0.2, 0.25) is 10.0 Å². The highest BCUT2D eigenvalue weighted by atomic mass is 35.5. The molecule has 0 bridgehead atoms. The summed E-state index contributed by atoms with van der Waals surface area (Å²) < 4.78 is 0. The number of Topliss-reactive ketones (excluding diaryl/α,β-unsaturated/α-hetero) is 2. The maximum Gasteiger partial charge on any atom is 0.170 e. The van der Waals surface area contributed by atoms with Crippen molar-refractivity contribution in [3.05, 3.63) is 69.7 Å². The van der Waals surface area contributed by atoms with Gasteiger partial charge in [0.15, 0.2) is 11.6 Å². The van der Waals surface area contributed by atoms with Crippen molar-refractivity contribution in [1.82, 2.24) is 0 Å². The normalized spacial score (nSPS) is 10.2. The van der Waals surface area contributed by atoms with Crippen LogP contribution in [0.15, 0.2) is 48.5 Å². The summed E-state index contributed by atoms with van der Waals surface area (Å²) in [5.74, 6) is -0.482. The molecule has 0 heterocycles. The van der Waals surface area contributed by atoms with Crippen LogP contribution in [0.3, 0.4) is 0 Å². The Morgan fingerprint density at radius 3 is 2.05 bits per heavy atom. The maximum absolute atomic E-state index is 12.0. The van der Waals surface area contributed by atoms with E-state index in [1.165, 1.54) is 6.07 Å². The van der Waals surface area contributed by atoms with Gasteiger partial charge in [-0.2, -0.15) is 0 Å². The van der Waals surface area contributed by atoms with E-state index < -0.39 is 0 Å². The molecule has 0 aliphatic rings. The SMILES string of the molecule is O=C(CC(=O)c1ccc(Cl)c(Cl)c1)c1ccccc1. The molecule has 0 aromatic heterocycles. The predicted molar refractivity (Wildman–Crippen MR) is 76.2 cm³/mol. The lowest BCUT2D eigenvalue weighted by atomic mass is 10.0. The number of ketones is 2. The van der Waals surface area contributed by atoms with Gasteiger partial charge in [-0.05, 0) is 18.2 Å². The number of rotatable bonds is 4. The fourth-order valence-electron chi connectivity index (χ4n) is 1.64. The van der Waals surface area contributed by atoms with Gasteiger partial charge in [0.2, 0.25) is 0 Å². The fourth-order valence-corrected chi connectivity index (χ4v) is 1.94. The van der Waals surface area contributed by atoms with Crippen molar-refractivity contribution in [2.24, 2.45) is 0 Å². The van der Waals surface area contributed by atoms with Gasteiger partial charge in [-0.1, -0.05) is 53.5 Å². The molecule has 0 radical (unpaired) electrons. The van der Waals surface area contributed by atoms with Crippen molar-refractivity contribution < 1.29 is 9.59 Å². The van der Waals surface area contributed by atoms with E-state index in [-0.39, 0.29) is 18.0 Å². The van der Waals surface area contributed by atoms with E-state index in [9.17, 15) is 9.59 Å². The lowest BCUT2D eigenvalue weighted by Crippen LogP contribution is -2.08. The van der Waals surface area contributed by atoms with Gasteiger partial charge in [0.05, 0.1) is 16.5 Å². The second-order valence-corrected chi connectivity index (χ2v) is 4.83. The molecule has 0 aliphatic carbocycles. The maximum atomic E-state index is 12.0. The van der Waals surface area contributed by atoms with Crippen molar-refractivity contribution >= 4 is 34.8 Å². The van der Waals surface area contributed by atoms with Crippen LogP contribution in [0.1, 0.15) is 27.1 Å². The zero-order valence-electron chi connectivity index (χ0n) is 9.90. The minimum atomic E-state index is -0.271. The summed E-state index contributed by atoms with van der Waals surface area (Å²) in [4.78, 5) is 23.9. The highest BCUT2D eigenvalue weighted by Crippen LogP contribution is 2.23. The number of carbonyl (C=O) groups is 2. The van der Waals surface area contributed by atoms with Gasteiger partial charge in [-0.15, -0.1) is 0 Å². The molecule has 2 aromatic carbocycles. The smallest absolute Gasteiger partial charge is 0.170 e. The number of benzene rings is 2. The van der Waals surface area contributed by atoms with Crippen molar-refractivity contribution in [2.45, 2.75) is 6.42 Å². The monoisotopic (exact) mass is 292 g/mol. The van der Waals surface area contributed by atoms with Gasteiger partial charge in [0.1, 0.15) is 0 Å². The van der Waals surface area contributed by atoms with E-state index in [0.29, 0.717) is 21.2 Å². The Labute approximate surface area is 121 Å². The molecule has 0 amide bonds. The summed E-state index contributed by atoms with van der Waals surface area (Å²) in [6.45, 7) is 0. The van der Waals surface area contributed by atoms with Crippen molar-refractivity contribution in [2.75, 3.05) is 0 Å². The molecule has 0 spiro atoms. The summed E-state index contributed by atoms with van der Waals surface area (Å²) in [6, 6.07) is 13.3. The molecule has 2 rings (SSSR count). The molecular weight excluding hydrogens is 283 g/mol. The van der Waals surface area contributed by atoms with Crippen LogP contribution in [0, 0.1) is 0 Å². The molecule has 96 valence electrons. The van der Waals surface area contributed by atoms with E-state index in [4.69, 9.17) is 23.2 Å². The minimum Gasteiger partial charge on any atom is -0.294 e. The molecule has 0 saturated carbocycles. The zero-order chi connectivity index (χ0) is 13.8. The van der Waals surface area contributed by atoms with Crippen LogP contribution >= 0.6 is 23.2 Å². The molecule has 0 atom stereocenters. The van der Waals surface area contributed by atoms with Gasteiger partial charge in [-0.3, -0.25) is 9.59 Å². The Balaban J connectivity index is 2.13. The van der Waals surface area contributed by atoms with E-state index in [2.05, 4.69) is 0 Å². The summed E-state index contributed by atoms with van der Waals surface area (Å²) in [5, 5.41) is 0.687. The molecule has 0 fully saturated rings. The average molecular weight is 293 g/mol. The Bertz CT molecular complexity index is 621. The van der Waals surface area contributed by atoms with Gasteiger partial charge in [0.25, 0.3) is 0 Å². The first kappa shape index (κ1) is 13.8. The zero-order valence-corrected chi connectivity index (χ0v) is 11.4. The number of hydrogen-bond acceptors (Lipinski definition) is 2. The molecule has 0 saturated heterocycles. The van der Waals surface area contributed by atoms with Gasteiger partial charge >= 0.3 is 0 Å². The summed E-state index contributed by atoms with van der Waals surface area (Å²) in [5.41, 5.74) is 0.912. The number of hydrogen-bond donors (Lipinski definition) is 0. The molecule has 19 heavy (non-hydrogen) atoms. The Morgan fingerprint density at radius 2 is 1.42 bits per heavy atom. The molecule has 0 unspecified atom stereocenters. The first-order valence-electron chi connectivity index (χ1n) is 5.64. The van der Waals surface area contributed by atoms with Crippen LogP contribution in [0.25, 0.3) is 0 Å². The van der Waals surface area contributed by atoms with Crippen molar-refractivity contribution in [1.29, 1.82) is 0 Å². The fraction of sp³-hybridized carbons (Fsp3) is 0.0667. The third-order valence-corrected chi connectivity index (χ3v) is 3.40. The van der Waals surface area contributed by atoms with E-state index >= 15 is 0 Å². The summed E-state index contributed by atoms with van der Waals surface area (Å²) in [6.07, 6.45) is -0.179. The first-order chi connectivity index (χ1) is 9.08. The second kappa shape index (κ2) is 6.00. The van der Waals surface area contributed by atoms with Crippen LogP contribution in [-0.4, -0.2) is 11.6 Å². The average Bonchev–Trinajstić information content (AvgIpc) is 2.42. The second-order valence-electron chi connectivity index (χ2n) is 4.02. The Kier molecular flexibility index (Phi) is 4.35. The van der Waals surface area contributed by atoms with Crippen molar-refractivity contribution in [3.8, 4) is 0 Å². The predicted octanol–water partition coefficient (Wildman–Crippen LogP) is 4.45. The highest BCUT2D eigenvalue weighted by Gasteiger charge is 2.14. The third kappa shape index (κ3) is 3.43. The number of carbonyl (C=O) groups excluding carboxylic acids is 2. The summed E-state index contributed by atoms with van der Waals surface area (Å²) >= 11 is 11.6. The van der Waals surface area contributed by atoms with Crippen LogP contribution in [0.5, 0.6) is 0 Å². The van der Waals surface area contributed by atoms with Gasteiger partial charge in [-0.25, -0.2) is 0 Å². The minimum absolute atomic E-state index is 0.179. The first-order valence-corrected chi connectivity index (χ1v) is 6.40. The van der Waals surface area contributed by atoms with E-state index in [1.807, 2.05) is 6.07 Å². The lowest BCUT2D eigenvalue weighted by molar-refractivity contribution is 0.0894. The van der Waals surface area contributed by atoms with Crippen LogP contribution in [-0.2, 0) is 0 Å². The Morgan fingerprint density at radius 1 is 0.789 bits per heavy atom. The largest absolute Gasteiger partial charge is 0.294 e. The van der Waals surface area contributed by atoms with Gasteiger partial charge in [0, 0.05) is 11.1 Å². The molecular formula is C15H10Cl2O2. The number of halogens is 2. The lowest BCUT2D eigenvalue weighted by Gasteiger charge is -2.03. The standard InChI is InChI=1S/C15H10Cl2O2/c16-12-7-6-11(8-13(12)17)15(19)9-14(18)10-4-2-1-3-5-10/h1-8H,9H2. The van der Waals surface area contributed by atoms with Crippen molar-refractivity contribution in [3.63, 3.8) is 0 Å². The Hall–Kier alpha value is -1.64. The molecule has 0 N–H and O–H groups in total. The molecule has 4 heteroatoms. The van der Waals surface area contributed by atoms with Crippen LogP contribution in [0.4, 0.5) is 0 Å². The van der Waals surface area contributed by atoms with E-state index in [1.54, 1.807) is 36.4 Å². The highest BCUT2D eigenvalue weighted by molar-refractivity contribution is 6.42. The van der Waals surface area contributed by atoms with E-state index in [0.717, 1.165) is 0 Å². The summed E-state index contributed by atoms with van der Waals surface area (Å²) in [7, 11) is 0. The molecule has 2 aromatic rings. The van der Waals surface area contributed by atoms with Crippen LogP contribution < -0.4 is 0 Å². The third-order valence-electron chi connectivity index (χ3n) is 2.66. The topological polar surface area (TPSA) is 34.1 Å². The van der Waals surface area contributed by atoms with Gasteiger partial charge < -0.3 is 0 Å². The molecule has 0 aliphatic heterocycles. The molecule has 2 nitrogen and oxygen atoms in total. The quantitative estimate of drug-likeness (QED) is 0.616.